The van der Waals surface area contributed by atoms with Crippen molar-refractivity contribution in [3.8, 4) is 0 Å². The molecule has 1 atom stereocenters. The summed E-state index contributed by atoms with van der Waals surface area (Å²) in [6.45, 7) is 3.75. The Kier molecular flexibility index (Phi) is 6.54. The third-order valence-corrected chi connectivity index (χ3v) is 3.94. The maximum Gasteiger partial charge on any atom is 0.326 e. The molecule has 0 aliphatic carbocycles. The molecular weight excluding hydrogens is 346 g/mol. The average Bonchev–Trinajstić information content (AvgIpc) is 2.61. The van der Waals surface area contributed by atoms with Gasteiger partial charge in [-0.05, 0) is 36.6 Å². The summed E-state index contributed by atoms with van der Waals surface area (Å²) >= 11 is 0. The van der Waals surface area contributed by atoms with E-state index in [2.05, 4.69) is 10.6 Å². The lowest BCUT2D eigenvalue weighted by Crippen LogP contribution is -2.41. The van der Waals surface area contributed by atoms with Gasteiger partial charge in [-0.2, -0.15) is 0 Å². The molecule has 0 unspecified atom stereocenters. The van der Waals surface area contributed by atoms with Crippen LogP contribution in [0.5, 0.6) is 0 Å². The smallest absolute Gasteiger partial charge is 0.326 e. The van der Waals surface area contributed by atoms with Crippen LogP contribution in [0.3, 0.4) is 0 Å². The van der Waals surface area contributed by atoms with E-state index in [9.17, 15) is 19.5 Å². The fraction of sp³-hybridized carbons (Fsp3) is 0.250. The van der Waals surface area contributed by atoms with Crippen molar-refractivity contribution >= 4 is 29.2 Å². The van der Waals surface area contributed by atoms with Crippen molar-refractivity contribution in [1.82, 2.24) is 5.32 Å². The highest BCUT2D eigenvalue weighted by atomic mass is 16.4. The maximum atomic E-state index is 12.6. The lowest BCUT2D eigenvalue weighted by molar-refractivity contribution is -0.139. The Labute approximate surface area is 157 Å². The van der Waals surface area contributed by atoms with E-state index in [0.29, 0.717) is 12.1 Å². The van der Waals surface area contributed by atoms with Crippen molar-refractivity contribution in [1.29, 1.82) is 0 Å². The van der Waals surface area contributed by atoms with Crippen LogP contribution in [0.25, 0.3) is 0 Å². The molecule has 0 aromatic heterocycles. The van der Waals surface area contributed by atoms with Gasteiger partial charge in [0.2, 0.25) is 0 Å². The van der Waals surface area contributed by atoms with Crippen molar-refractivity contribution in [2.75, 3.05) is 11.1 Å². The number of hydrogen-bond acceptors (Lipinski definition) is 4. The SMILES string of the molecule is CC(C)C[C@H](NC(=O)c1ccccc1NC(=O)c1ccccc1N)C(=O)O. The zero-order valence-corrected chi connectivity index (χ0v) is 15.2. The molecule has 2 amide bonds. The Morgan fingerprint density at radius 1 is 0.963 bits per heavy atom. The minimum Gasteiger partial charge on any atom is -0.480 e. The molecule has 0 saturated carbocycles. The number of hydrogen-bond donors (Lipinski definition) is 4. The highest BCUT2D eigenvalue weighted by Gasteiger charge is 2.23. The topological polar surface area (TPSA) is 122 Å². The van der Waals surface area contributed by atoms with Gasteiger partial charge in [-0.25, -0.2) is 4.79 Å². The third-order valence-electron chi connectivity index (χ3n) is 3.94. The lowest BCUT2D eigenvalue weighted by atomic mass is 10.0. The minimum absolute atomic E-state index is 0.0994. The van der Waals surface area contributed by atoms with Gasteiger partial charge >= 0.3 is 5.97 Å². The zero-order valence-electron chi connectivity index (χ0n) is 15.2. The lowest BCUT2D eigenvalue weighted by Gasteiger charge is -2.18. The highest BCUT2D eigenvalue weighted by Crippen LogP contribution is 2.19. The van der Waals surface area contributed by atoms with Gasteiger partial charge in [0.1, 0.15) is 6.04 Å². The molecule has 0 radical (unpaired) electrons. The number of rotatable bonds is 7. The van der Waals surface area contributed by atoms with Crippen molar-refractivity contribution in [2.45, 2.75) is 26.3 Å². The van der Waals surface area contributed by atoms with E-state index in [1.807, 2.05) is 13.8 Å². The average molecular weight is 369 g/mol. The Balaban J connectivity index is 2.22. The van der Waals surface area contributed by atoms with Crippen molar-refractivity contribution < 1.29 is 19.5 Å². The highest BCUT2D eigenvalue weighted by molar-refractivity contribution is 6.11. The number of carboxylic acid groups (broad SMARTS) is 1. The maximum absolute atomic E-state index is 12.6. The van der Waals surface area contributed by atoms with Crippen molar-refractivity contribution in [2.24, 2.45) is 5.92 Å². The molecule has 2 rings (SSSR count). The predicted molar refractivity (Wildman–Crippen MR) is 104 cm³/mol. The quantitative estimate of drug-likeness (QED) is 0.559. The van der Waals surface area contributed by atoms with Crippen LogP contribution >= 0.6 is 0 Å². The molecule has 2 aromatic carbocycles. The molecule has 0 spiro atoms. The molecule has 0 aliphatic heterocycles. The first kappa shape index (κ1) is 20.0. The first-order valence-electron chi connectivity index (χ1n) is 8.58. The molecule has 0 heterocycles. The second-order valence-electron chi connectivity index (χ2n) is 6.58. The second-order valence-corrected chi connectivity index (χ2v) is 6.58. The molecule has 0 aliphatic rings. The number of carbonyl (C=O) groups is 3. The molecule has 7 heteroatoms. The van der Waals surface area contributed by atoms with E-state index in [1.54, 1.807) is 42.5 Å². The number of para-hydroxylation sites is 2. The summed E-state index contributed by atoms with van der Waals surface area (Å²) in [4.78, 5) is 36.5. The fourth-order valence-corrected chi connectivity index (χ4v) is 2.61. The largest absolute Gasteiger partial charge is 0.480 e. The van der Waals surface area contributed by atoms with Crippen LogP contribution in [0, 0.1) is 5.92 Å². The standard InChI is InChI=1S/C20H23N3O4/c1-12(2)11-17(20(26)27)23-19(25)14-8-4-6-10-16(14)22-18(24)13-7-3-5-9-15(13)21/h3-10,12,17H,11,21H2,1-2H3,(H,22,24)(H,23,25)(H,26,27)/t17-/m0/s1. The van der Waals surface area contributed by atoms with Gasteiger partial charge in [0.15, 0.2) is 0 Å². The summed E-state index contributed by atoms with van der Waals surface area (Å²) in [6.07, 6.45) is 0.302. The van der Waals surface area contributed by atoms with Crippen LogP contribution in [0.4, 0.5) is 11.4 Å². The van der Waals surface area contributed by atoms with Crippen LogP contribution in [0.2, 0.25) is 0 Å². The molecule has 0 fully saturated rings. The van der Waals surface area contributed by atoms with Crippen molar-refractivity contribution in [3.63, 3.8) is 0 Å². The number of aliphatic carboxylic acids is 1. The zero-order chi connectivity index (χ0) is 20.0. The summed E-state index contributed by atoms with van der Waals surface area (Å²) in [5.74, 6) is -2.02. The number of benzene rings is 2. The van der Waals surface area contributed by atoms with Crippen molar-refractivity contribution in [3.05, 3.63) is 59.7 Å². The summed E-state index contributed by atoms with van der Waals surface area (Å²) in [7, 11) is 0. The Morgan fingerprint density at radius 3 is 2.15 bits per heavy atom. The summed E-state index contributed by atoms with van der Waals surface area (Å²) in [6, 6.07) is 12.0. The summed E-state index contributed by atoms with van der Waals surface area (Å²) in [5.41, 5.74) is 6.87. The van der Waals surface area contributed by atoms with Gasteiger partial charge in [0.25, 0.3) is 11.8 Å². The van der Waals surface area contributed by atoms with E-state index in [1.165, 1.54) is 6.07 Å². The molecule has 5 N–H and O–H groups in total. The van der Waals surface area contributed by atoms with Crippen LogP contribution in [0.15, 0.2) is 48.5 Å². The van der Waals surface area contributed by atoms with Gasteiger partial charge in [-0.1, -0.05) is 38.1 Å². The first-order chi connectivity index (χ1) is 12.8. The number of carboxylic acids is 1. The third kappa shape index (κ3) is 5.31. The van der Waals surface area contributed by atoms with E-state index >= 15 is 0 Å². The summed E-state index contributed by atoms with van der Waals surface area (Å²) in [5, 5.41) is 14.5. The van der Waals surface area contributed by atoms with E-state index < -0.39 is 23.8 Å². The number of amides is 2. The van der Waals surface area contributed by atoms with Gasteiger partial charge < -0.3 is 21.5 Å². The van der Waals surface area contributed by atoms with Crippen LogP contribution < -0.4 is 16.4 Å². The Hall–Kier alpha value is -3.35. The normalized spacial score (nSPS) is 11.7. The Morgan fingerprint density at radius 2 is 1.56 bits per heavy atom. The fourth-order valence-electron chi connectivity index (χ4n) is 2.61. The molecular formula is C20H23N3O4. The first-order valence-corrected chi connectivity index (χ1v) is 8.58. The number of carbonyl (C=O) groups excluding carboxylic acids is 2. The van der Waals surface area contributed by atoms with E-state index in [0.717, 1.165) is 0 Å². The number of nitrogen functional groups attached to an aromatic ring is 1. The molecule has 7 nitrogen and oxygen atoms in total. The Bertz CT molecular complexity index is 849. The molecule has 27 heavy (non-hydrogen) atoms. The molecule has 2 aromatic rings. The second kappa shape index (κ2) is 8.84. The van der Waals surface area contributed by atoms with Gasteiger partial charge in [-0.3, -0.25) is 9.59 Å². The van der Waals surface area contributed by atoms with Gasteiger partial charge in [0.05, 0.1) is 16.8 Å². The summed E-state index contributed by atoms with van der Waals surface area (Å²) < 4.78 is 0. The molecule has 142 valence electrons. The van der Waals surface area contributed by atoms with Gasteiger partial charge in [-0.15, -0.1) is 0 Å². The van der Waals surface area contributed by atoms with E-state index in [-0.39, 0.29) is 22.7 Å². The monoisotopic (exact) mass is 369 g/mol. The predicted octanol–water partition coefficient (Wildman–Crippen LogP) is 2.75. The number of nitrogens with one attached hydrogen (secondary N) is 2. The molecule has 0 bridgehead atoms. The van der Waals surface area contributed by atoms with Crippen LogP contribution in [0.1, 0.15) is 41.0 Å². The van der Waals surface area contributed by atoms with Gasteiger partial charge in [0, 0.05) is 5.69 Å². The minimum atomic E-state index is -1.10. The van der Waals surface area contributed by atoms with Crippen LogP contribution in [-0.4, -0.2) is 28.9 Å². The van der Waals surface area contributed by atoms with Crippen LogP contribution in [-0.2, 0) is 4.79 Å². The number of anilines is 2. The molecule has 0 saturated heterocycles. The number of nitrogens with two attached hydrogens (primary N) is 1. The van der Waals surface area contributed by atoms with E-state index in [4.69, 9.17) is 5.73 Å².